The van der Waals surface area contributed by atoms with Crippen LogP contribution in [0, 0.1) is 0 Å². The molecule has 6 nitrogen and oxygen atoms in total. The highest BCUT2D eigenvalue weighted by molar-refractivity contribution is 7.99. The van der Waals surface area contributed by atoms with Crippen LogP contribution in [0.4, 0.5) is 0 Å². The van der Waals surface area contributed by atoms with Gasteiger partial charge < -0.3 is 0 Å². The van der Waals surface area contributed by atoms with Crippen LogP contribution in [-0.2, 0) is 10.0 Å². The minimum atomic E-state index is -3.35. The molecule has 0 saturated heterocycles. The molecular weight excluding hydrogens is 260 g/mol. The SMILES string of the molecule is NS(=O)(=O)CCCSc1ccc2nccn2n1. The zero-order valence-corrected chi connectivity index (χ0v) is 10.6. The summed E-state index contributed by atoms with van der Waals surface area (Å²) in [5, 5.41) is 10.1. The van der Waals surface area contributed by atoms with E-state index < -0.39 is 10.0 Å². The van der Waals surface area contributed by atoms with Gasteiger partial charge in [0.1, 0.15) is 5.03 Å². The van der Waals surface area contributed by atoms with Crippen molar-refractivity contribution in [3.63, 3.8) is 0 Å². The van der Waals surface area contributed by atoms with E-state index in [0.29, 0.717) is 12.2 Å². The molecule has 8 heteroatoms. The Bertz CT molecular complexity index is 608. The normalized spacial score (nSPS) is 12.1. The average molecular weight is 272 g/mol. The number of hydrogen-bond donors (Lipinski definition) is 1. The molecule has 0 unspecified atom stereocenters. The Kier molecular flexibility index (Phi) is 3.65. The van der Waals surface area contributed by atoms with Gasteiger partial charge >= 0.3 is 0 Å². The van der Waals surface area contributed by atoms with Crippen LogP contribution in [0.3, 0.4) is 0 Å². The molecule has 2 N–H and O–H groups in total. The molecule has 2 aromatic rings. The second-order valence-electron chi connectivity index (χ2n) is 3.47. The maximum atomic E-state index is 10.7. The molecule has 0 aliphatic carbocycles. The molecule has 2 aromatic heterocycles. The largest absolute Gasteiger partial charge is 0.236 e. The number of nitrogens with two attached hydrogens (primary N) is 1. The summed E-state index contributed by atoms with van der Waals surface area (Å²) < 4.78 is 23.1. The molecule has 0 radical (unpaired) electrons. The van der Waals surface area contributed by atoms with Crippen LogP contribution in [0.5, 0.6) is 0 Å². The Morgan fingerprint density at radius 3 is 3.00 bits per heavy atom. The van der Waals surface area contributed by atoms with Crippen molar-refractivity contribution in [2.24, 2.45) is 5.14 Å². The Balaban J connectivity index is 1.90. The van der Waals surface area contributed by atoms with Crippen molar-refractivity contribution < 1.29 is 8.42 Å². The smallest absolute Gasteiger partial charge is 0.209 e. The summed E-state index contributed by atoms with van der Waals surface area (Å²) in [4.78, 5) is 4.08. The molecule has 2 rings (SSSR count). The molecule has 0 aromatic carbocycles. The lowest BCUT2D eigenvalue weighted by molar-refractivity contribution is 0.596. The monoisotopic (exact) mass is 272 g/mol. The molecule has 92 valence electrons. The van der Waals surface area contributed by atoms with Gasteiger partial charge in [-0.2, -0.15) is 5.10 Å². The van der Waals surface area contributed by atoms with Gasteiger partial charge in [-0.1, -0.05) is 0 Å². The quantitative estimate of drug-likeness (QED) is 0.632. The van der Waals surface area contributed by atoms with E-state index in [0.717, 1.165) is 10.7 Å². The number of hydrogen-bond acceptors (Lipinski definition) is 5. The number of nitrogens with zero attached hydrogens (tertiary/aromatic N) is 3. The first-order chi connectivity index (χ1) is 8.04. The van der Waals surface area contributed by atoms with Gasteiger partial charge in [0.25, 0.3) is 0 Å². The molecule has 0 saturated carbocycles. The summed E-state index contributed by atoms with van der Waals surface area (Å²) in [6.45, 7) is 0. The average Bonchev–Trinajstić information content (AvgIpc) is 2.70. The highest BCUT2D eigenvalue weighted by Crippen LogP contribution is 2.16. The van der Waals surface area contributed by atoms with Crippen molar-refractivity contribution in [3.8, 4) is 0 Å². The van der Waals surface area contributed by atoms with Gasteiger partial charge in [-0.3, -0.25) is 0 Å². The topological polar surface area (TPSA) is 90.4 Å². The highest BCUT2D eigenvalue weighted by Gasteiger charge is 2.03. The van der Waals surface area contributed by atoms with E-state index in [9.17, 15) is 8.42 Å². The number of rotatable bonds is 5. The highest BCUT2D eigenvalue weighted by atomic mass is 32.2. The number of aromatic nitrogens is 3. The predicted octanol–water partition coefficient (Wildman–Crippen LogP) is 0.500. The van der Waals surface area contributed by atoms with E-state index in [-0.39, 0.29) is 5.75 Å². The third kappa shape index (κ3) is 3.69. The third-order valence-electron chi connectivity index (χ3n) is 2.05. The number of sulfonamides is 1. The first-order valence-electron chi connectivity index (χ1n) is 4.98. The Morgan fingerprint density at radius 1 is 1.41 bits per heavy atom. The van der Waals surface area contributed by atoms with Crippen molar-refractivity contribution in [1.82, 2.24) is 14.6 Å². The standard InChI is InChI=1S/C9H12N4O2S2/c10-17(14,15)7-1-6-16-9-3-2-8-11-4-5-13(8)12-9/h2-5H,1,6-7H2,(H2,10,14,15). The van der Waals surface area contributed by atoms with Crippen LogP contribution in [0.2, 0.25) is 0 Å². The van der Waals surface area contributed by atoms with Gasteiger partial charge in [0, 0.05) is 18.1 Å². The maximum absolute atomic E-state index is 10.7. The minimum Gasteiger partial charge on any atom is -0.236 e. The zero-order valence-electron chi connectivity index (χ0n) is 8.98. The lowest BCUT2D eigenvalue weighted by Crippen LogP contribution is -2.16. The lowest BCUT2D eigenvalue weighted by Gasteiger charge is -2.01. The fourth-order valence-electron chi connectivity index (χ4n) is 1.31. The van der Waals surface area contributed by atoms with Gasteiger partial charge in [-0.15, -0.1) is 11.8 Å². The molecule has 17 heavy (non-hydrogen) atoms. The van der Waals surface area contributed by atoms with E-state index in [2.05, 4.69) is 10.1 Å². The summed E-state index contributed by atoms with van der Waals surface area (Å²) in [6.07, 6.45) is 3.97. The summed E-state index contributed by atoms with van der Waals surface area (Å²) in [7, 11) is -3.35. The van der Waals surface area contributed by atoms with Crippen molar-refractivity contribution in [1.29, 1.82) is 0 Å². The molecule has 0 amide bonds. The van der Waals surface area contributed by atoms with E-state index in [1.807, 2.05) is 12.1 Å². The Labute approximate surface area is 103 Å². The van der Waals surface area contributed by atoms with Crippen molar-refractivity contribution in [3.05, 3.63) is 24.5 Å². The third-order valence-corrected chi connectivity index (χ3v) is 3.92. The van der Waals surface area contributed by atoms with Crippen molar-refractivity contribution in [2.45, 2.75) is 11.4 Å². The summed E-state index contributed by atoms with van der Waals surface area (Å²) in [6, 6.07) is 3.74. The zero-order chi connectivity index (χ0) is 12.3. The van der Waals surface area contributed by atoms with Crippen molar-refractivity contribution in [2.75, 3.05) is 11.5 Å². The van der Waals surface area contributed by atoms with Crippen LogP contribution >= 0.6 is 11.8 Å². The molecule has 0 spiro atoms. The number of primary sulfonamides is 1. The number of fused-ring (bicyclic) bond motifs is 1. The molecule has 0 bridgehead atoms. The van der Waals surface area contributed by atoms with Gasteiger partial charge in [-0.05, 0) is 18.6 Å². The van der Waals surface area contributed by atoms with Crippen LogP contribution in [0.1, 0.15) is 6.42 Å². The second kappa shape index (κ2) is 5.03. The Hall–Kier alpha value is -1.12. The van der Waals surface area contributed by atoms with Gasteiger partial charge in [0.2, 0.25) is 10.0 Å². The number of imidazole rings is 1. The van der Waals surface area contributed by atoms with Crippen LogP contribution in [-0.4, -0.2) is 34.5 Å². The number of thioether (sulfide) groups is 1. The van der Waals surface area contributed by atoms with E-state index in [4.69, 9.17) is 5.14 Å². The van der Waals surface area contributed by atoms with Crippen LogP contribution in [0.25, 0.3) is 5.65 Å². The fourth-order valence-corrected chi connectivity index (χ4v) is 2.85. The molecular formula is C9H12N4O2S2. The minimum absolute atomic E-state index is 0.00726. The first kappa shape index (κ1) is 12.3. The molecule has 0 aliphatic heterocycles. The van der Waals surface area contributed by atoms with E-state index >= 15 is 0 Å². The fraction of sp³-hybridized carbons (Fsp3) is 0.333. The van der Waals surface area contributed by atoms with E-state index in [1.165, 1.54) is 11.8 Å². The van der Waals surface area contributed by atoms with Crippen LogP contribution < -0.4 is 5.14 Å². The first-order valence-corrected chi connectivity index (χ1v) is 7.68. The predicted molar refractivity (Wildman–Crippen MR) is 66.3 cm³/mol. The van der Waals surface area contributed by atoms with Crippen LogP contribution in [0.15, 0.2) is 29.6 Å². The summed E-state index contributed by atoms with van der Waals surface area (Å²) in [5.41, 5.74) is 0.791. The maximum Gasteiger partial charge on any atom is 0.209 e. The lowest BCUT2D eigenvalue weighted by atomic mass is 10.6. The Morgan fingerprint density at radius 2 is 2.24 bits per heavy atom. The molecule has 2 heterocycles. The summed E-state index contributed by atoms with van der Waals surface area (Å²) in [5.74, 6) is 0.678. The van der Waals surface area contributed by atoms with Gasteiger partial charge in [-0.25, -0.2) is 23.1 Å². The van der Waals surface area contributed by atoms with Crippen molar-refractivity contribution >= 4 is 27.4 Å². The van der Waals surface area contributed by atoms with E-state index in [1.54, 1.807) is 16.9 Å². The molecule has 0 fully saturated rings. The summed E-state index contributed by atoms with van der Waals surface area (Å²) >= 11 is 1.50. The van der Waals surface area contributed by atoms with Gasteiger partial charge in [0.05, 0.1) is 5.75 Å². The molecule has 0 atom stereocenters. The second-order valence-corrected chi connectivity index (χ2v) is 6.32. The molecule has 0 aliphatic rings. The van der Waals surface area contributed by atoms with Gasteiger partial charge in [0.15, 0.2) is 5.65 Å².